The van der Waals surface area contributed by atoms with Crippen LogP contribution in [0.3, 0.4) is 0 Å². The molecule has 0 aliphatic heterocycles. The molecule has 19 heavy (non-hydrogen) atoms. The first-order chi connectivity index (χ1) is 8.65. The minimum atomic E-state index is -3.60. The van der Waals surface area contributed by atoms with Crippen LogP contribution in [0.15, 0.2) is 0 Å². The highest BCUT2D eigenvalue weighted by Crippen LogP contribution is 2.01. The average Bonchev–Trinajstić information content (AvgIpc) is 2.27. The summed E-state index contributed by atoms with van der Waals surface area (Å²) in [5.41, 5.74) is 0. The van der Waals surface area contributed by atoms with Gasteiger partial charge >= 0.3 is 33.1 Å². The van der Waals surface area contributed by atoms with Gasteiger partial charge in [-0.05, 0) is 20.8 Å². The van der Waals surface area contributed by atoms with Crippen molar-refractivity contribution >= 4 is 33.1 Å². The molecule has 0 bridgehead atoms. The zero-order valence-corrected chi connectivity index (χ0v) is 11.8. The van der Waals surface area contributed by atoms with Gasteiger partial charge in [-0.1, -0.05) is 0 Å². The standard InChI is InChI=1S/3C3H6O3.Al/c3*1-2(4)3(5)6;/h3*2,4H,1H3,(H,5,6);/q;;;+3/p-3/t3*2-;/m000./s1. The molecule has 0 radical (unpaired) electrons. The van der Waals surface area contributed by atoms with Crippen LogP contribution in [0.5, 0.6) is 0 Å². The fourth-order valence-electron chi connectivity index (χ4n) is 0.652. The quantitative estimate of drug-likeness (QED) is 0.463. The van der Waals surface area contributed by atoms with Crippen LogP contribution in [0, 0.1) is 0 Å². The molecule has 9 nitrogen and oxygen atoms in total. The summed E-state index contributed by atoms with van der Waals surface area (Å²) in [5.74, 6) is -3.48. The smallest absolute Gasteiger partial charge is 0.549 e. The van der Waals surface area contributed by atoms with Crippen LogP contribution in [0.1, 0.15) is 20.8 Å². The highest BCUT2D eigenvalue weighted by atomic mass is 27.3. The van der Waals surface area contributed by atoms with Gasteiger partial charge in [0.2, 0.25) is 0 Å². The third kappa shape index (κ3) is 7.10. The van der Waals surface area contributed by atoms with Crippen molar-refractivity contribution in [1.82, 2.24) is 0 Å². The lowest BCUT2D eigenvalue weighted by atomic mass is 10.4. The summed E-state index contributed by atoms with van der Waals surface area (Å²) in [6, 6.07) is 0. The number of carbonyl (C=O) groups excluding carboxylic acids is 3. The lowest BCUT2D eigenvalue weighted by molar-refractivity contribution is -0.157. The third-order valence-corrected chi connectivity index (χ3v) is 2.93. The minimum Gasteiger partial charge on any atom is -0.549 e. The van der Waals surface area contributed by atoms with Gasteiger partial charge in [-0.2, -0.15) is 0 Å². The first-order valence-electron chi connectivity index (χ1n) is 5.30. The highest BCUT2D eigenvalue weighted by Gasteiger charge is 2.50. The second kappa shape index (κ2) is 8.09. The molecule has 3 N–H and O–H groups in total. The summed E-state index contributed by atoms with van der Waals surface area (Å²) in [4.78, 5) is 33.3. The molecule has 0 amide bonds. The van der Waals surface area contributed by atoms with Gasteiger partial charge < -0.3 is 26.7 Å². The molecular weight excluding hydrogens is 279 g/mol. The maximum Gasteiger partial charge on any atom is 1.20 e. The topological polar surface area (TPSA) is 140 Å². The van der Waals surface area contributed by atoms with Gasteiger partial charge in [-0.25, -0.2) is 0 Å². The number of carbonyl (C=O) groups is 3. The predicted octanol–water partition coefficient (Wildman–Crippen LogP) is -2.26. The van der Waals surface area contributed by atoms with E-state index in [4.69, 9.17) is 15.3 Å². The first kappa shape index (κ1) is 17.8. The SMILES string of the molecule is C[C@H](O)C(=O)[O][Al]([O]C(=O)[C@H](C)O)[O]C(=O)[C@H](C)O. The Kier molecular flexibility index (Phi) is 7.58. The Labute approximate surface area is 114 Å². The van der Waals surface area contributed by atoms with E-state index in [1.165, 1.54) is 0 Å². The van der Waals surface area contributed by atoms with E-state index in [-0.39, 0.29) is 0 Å². The van der Waals surface area contributed by atoms with Crippen molar-refractivity contribution < 1.29 is 41.1 Å². The molecular formula is C9H15AlO9. The third-order valence-electron chi connectivity index (χ3n) is 1.66. The molecule has 0 aromatic rings. The summed E-state index contributed by atoms with van der Waals surface area (Å²) in [5, 5.41) is 26.8. The van der Waals surface area contributed by atoms with Gasteiger partial charge in [0.1, 0.15) is 18.3 Å². The van der Waals surface area contributed by atoms with Gasteiger partial charge in [0.05, 0.1) is 0 Å². The molecule has 0 fully saturated rings. The number of hydrogen-bond donors (Lipinski definition) is 3. The second-order valence-corrected chi connectivity index (χ2v) is 4.91. The van der Waals surface area contributed by atoms with E-state index in [1.807, 2.05) is 0 Å². The Balaban J connectivity index is 4.68. The average molecular weight is 294 g/mol. The molecule has 0 heterocycles. The zero-order valence-electron chi connectivity index (χ0n) is 10.6. The minimum absolute atomic E-state index is 1.10. The molecule has 0 unspecified atom stereocenters. The molecule has 0 aromatic heterocycles. The number of aliphatic hydroxyl groups is 3. The predicted molar refractivity (Wildman–Crippen MR) is 59.1 cm³/mol. The van der Waals surface area contributed by atoms with E-state index < -0.39 is 51.4 Å². The lowest BCUT2D eigenvalue weighted by Gasteiger charge is -2.15. The maximum absolute atomic E-state index is 11.1. The van der Waals surface area contributed by atoms with Crippen molar-refractivity contribution in [3.63, 3.8) is 0 Å². The van der Waals surface area contributed by atoms with E-state index in [0.717, 1.165) is 20.8 Å². The molecule has 0 saturated heterocycles. The fraction of sp³-hybridized carbons (Fsp3) is 0.667. The second-order valence-electron chi connectivity index (χ2n) is 3.63. The number of aliphatic hydroxyl groups excluding tert-OH is 3. The number of hydrogen-bond acceptors (Lipinski definition) is 9. The molecule has 108 valence electrons. The fourth-order valence-corrected chi connectivity index (χ4v) is 1.96. The summed E-state index contributed by atoms with van der Waals surface area (Å²) in [6.07, 6.45) is -4.53. The monoisotopic (exact) mass is 294 g/mol. The van der Waals surface area contributed by atoms with Crippen molar-refractivity contribution in [2.75, 3.05) is 0 Å². The molecule has 10 heteroatoms. The van der Waals surface area contributed by atoms with Crippen LogP contribution in [-0.4, -0.2) is 66.7 Å². The van der Waals surface area contributed by atoms with Crippen molar-refractivity contribution in [3.05, 3.63) is 0 Å². The van der Waals surface area contributed by atoms with Crippen LogP contribution >= 0.6 is 0 Å². The largest absolute Gasteiger partial charge is 1.20 e. The van der Waals surface area contributed by atoms with Crippen LogP contribution in [0.25, 0.3) is 0 Å². The normalized spacial score (nSPS) is 14.8. The van der Waals surface area contributed by atoms with E-state index >= 15 is 0 Å². The maximum atomic E-state index is 11.1. The van der Waals surface area contributed by atoms with Crippen molar-refractivity contribution in [2.24, 2.45) is 0 Å². The van der Waals surface area contributed by atoms with Crippen molar-refractivity contribution in [2.45, 2.75) is 39.1 Å². The van der Waals surface area contributed by atoms with E-state index in [0.29, 0.717) is 0 Å². The highest BCUT2D eigenvalue weighted by molar-refractivity contribution is 6.44. The van der Waals surface area contributed by atoms with E-state index in [9.17, 15) is 14.4 Å². The Morgan fingerprint density at radius 3 is 1.11 bits per heavy atom. The van der Waals surface area contributed by atoms with Gasteiger partial charge in [0, 0.05) is 0 Å². The summed E-state index contributed by atoms with van der Waals surface area (Å²) in [6.45, 7) is 3.29. The molecule has 0 rings (SSSR count). The lowest BCUT2D eigenvalue weighted by Crippen LogP contribution is -2.41. The van der Waals surface area contributed by atoms with Crippen LogP contribution in [-0.2, 0) is 25.7 Å². The Morgan fingerprint density at radius 1 is 0.737 bits per heavy atom. The summed E-state index contributed by atoms with van der Waals surface area (Å²) < 4.78 is 13.5. The van der Waals surface area contributed by atoms with Crippen molar-refractivity contribution in [3.8, 4) is 0 Å². The van der Waals surface area contributed by atoms with Crippen molar-refractivity contribution in [1.29, 1.82) is 0 Å². The van der Waals surface area contributed by atoms with Gasteiger partial charge in [0.15, 0.2) is 0 Å². The molecule has 0 spiro atoms. The van der Waals surface area contributed by atoms with E-state index in [2.05, 4.69) is 11.4 Å². The van der Waals surface area contributed by atoms with E-state index in [1.54, 1.807) is 0 Å². The number of rotatable bonds is 6. The summed E-state index contributed by atoms with van der Waals surface area (Å²) in [7, 11) is 0. The Hall–Kier alpha value is -1.18. The first-order valence-corrected chi connectivity index (χ1v) is 6.72. The molecule has 3 atom stereocenters. The molecule has 0 aliphatic rings. The molecule has 0 aliphatic carbocycles. The van der Waals surface area contributed by atoms with Gasteiger partial charge in [-0.3, -0.25) is 14.4 Å². The molecule has 0 saturated carbocycles. The molecule has 0 aromatic carbocycles. The van der Waals surface area contributed by atoms with Crippen LogP contribution in [0.2, 0.25) is 0 Å². The summed E-state index contributed by atoms with van der Waals surface area (Å²) >= 11 is -3.60. The Bertz CT molecular complexity index is 286. The van der Waals surface area contributed by atoms with Gasteiger partial charge in [-0.15, -0.1) is 0 Å². The zero-order chi connectivity index (χ0) is 15.2. The van der Waals surface area contributed by atoms with Crippen LogP contribution in [0.4, 0.5) is 0 Å². The van der Waals surface area contributed by atoms with Crippen LogP contribution < -0.4 is 0 Å². The Morgan fingerprint density at radius 2 is 0.947 bits per heavy atom. The van der Waals surface area contributed by atoms with Gasteiger partial charge in [0.25, 0.3) is 0 Å².